The van der Waals surface area contributed by atoms with Crippen molar-refractivity contribution in [3.8, 4) is 0 Å². The van der Waals surface area contributed by atoms with E-state index in [1.54, 1.807) is 0 Å². The lowest BCUT2D eigenvalue weighted by Crippen LogP contribution is -2.46. The van der Waals surface area contributed by atoms with Crippen LogP contribution >= 0.6 is 0 Å². The predicted molar refractivity (Wildman–Crippen MR) is 76.9 cm³/mol. The molecule has 0 aromatic carbocycles. The van der Waals surface area contributed by atoms with Crippen LogP contribution in [0.1, 0.15) is 33.1 Å². The first kappa shape index (κ1) is 16.4. The first-order chi connectivity index (χ1) is 8.92. The minimum atomic E-state index is -0.314. The van der Waals surface area contributed by atoms with Gasteiger partial charge in [0, 0.05) is 19.1 Å². The van der Waals surface area contributed by atoms with Crippen molar-refractivity contribution in [2.75, 3.05) is 27.2 Å². The van der Waals surface area contributed by atoms with Crippen LogP contribution in [0.3, 0.4) is 0 Å². The number of nitrogens with one attached hydrogen (secondary N) is 1. The Kier molecular flexibility index (Phi) is 6.75. The zero-order valence-electron chi connectivity index (χ0n) is 12.7. The molecular formula is C14H29N3O2. The lowest BCUT2D eigenvalue weighted by Gasteiger charge is -2.25. The van der Waals surface area contributed by atoms with Gasteiger partial charge in [-0.25, -0.2) is 0 Å². The van der Waals surface area contributed by atoms with Gasteiger partial charge in [0.15, 0.2) is 0 Å². The van der Waals surface area contributed by atoms with Crippen LogP contribution in [0.15, 0.2) is 0 Å². The average Bonchev–Trinajstić information content (AvgIpc) is 2.75. The summed E-state index contributed by atoms with van der Waals surface area (Å²) in [6, 6.07) is 0.183. The minimum absolute atomic E-state index is 0.0171. The van der Waals surface area contributed by atoms with E-state index in [2.05, 4.69) is 24.1 Å². The normalized spacial score (nSPS) is 25.0. The number of nitrogens with zero attached hydrogens (tertiary/aromatic N) is 1. The molecule has 1 fully saturated rings. The van der Waals surface area contributed by atoms with Crippen LogP contribution in [0.25, 0.3) is 0 Å². The Hall–Kier alpha value is -0.650. The molecule has 19 heavy (non-hydrogen) atoms. The van der Waals surface area contributed by atoms with Crippen molar-refractivity contribution in [2.24, 2.45) is 11.7 Å². The Morgan fingerprint density at radius 1 is 1.42 bits per heavy atom. The number of ether oxygens (including phenoxy) is 1. The number of carbonyl (C=O) groups excluding carboxylic acids is 1. The Morgan fingerprint density at radius 2 is 2.11 bits per heavy atom. The van der Waals surface area contributed by atoms with Crippen LogP contribution < -0.4 is 11.1 Å². The highest BCUT2D eigenvalue weighted by Crippen LogP contribution is 2.19. The van der Waals surface area contributed by atoms with Gasteiger partial charge in [0.05, 0.1) is 6.10 Å². The highest BCUT2D eigenvalue weighted by Gasteiger charge is 2.31. The number of rotatable bonds is 7. The van der Waals surface area contributed by atoms with Crippen molar-refractivity contribution in [2.45, 2.75) is 51.4 Å². The van der Waals surface area contributed by atoms with E-state index in [-0.39, 0.29) is 24.2 Å². The number of amides is 1. The molecule has 0 aliphatic carbocycles. The first-order valence-corrected chi connectivity index (χ1v) is 7.23. The maximum absolute atomic E-state index is 12.2. The van der Waals surface area contributed by atoms with E-state index in [0.29, 0.717) is 12.5 Å². The zero-order chi connectivity index (χ0) is 14.4. The number of likely N-dealkylation sites (N-methyl/N-ethyl adjacent to an activating group) is 1. The summed E-state index contributed by atoms with van der Waals surface area (Å²) in [4.78, 5) is 14.3. The molecule has 0 spiro atoms. The molecule has 0 aromatic rings. The smallest absolute Gasteiger partial charge is 0.249 e. The summed E-state index contributed by atoms with van der Waals surface area (Å²) in [5.41, 5.74) is 5.57. The second-order valence-electron chi connectivity index (χ2n) is 6.16. The van der Waals surface area contributed by atoms with Gasteiger partial charge in [0.2, 0.25) is 5.91 Å². The second kappa shape index (κ2) is 7.82. The molecule has 1 unspecified atom stereocenters. The monoisotopic (exact) mass is 271 g/mol. The summed E-state index contributed by atoms with van der Waals surface area (Å²) in [7, 11) is 4.05. The van der Waals surface area contributed by atoms with E-state index >= 15 is 0 Å². The Balaban J connectivity index is 2.46. The quantitative estimate of drug-likeness (QED) is 0.711. The highest BCUT2D eigenvalue weighted by atomic mass is 16.5. The van der Waals surface area contributed by atoms with Crippen LogP contribution in [0, 0.1) is 5.92 Å². The van der Waals surface area contributed by atoms with E-state index in [1.165, 1.54) is 0 Å². The van der Waals surface area contributed by atoms with Crippen molar-refractivity contribution in [3.63, 3.8) is 0 Å². The maximum Gasteiger partial charge on any atom is 0.249 e. The molecule has 5 nitrogen and oxygen atoms in total. The third-order valence-electron chi connectivity index (χ3n) is 3.35. The Morgan fingerprint density at radius 3 is 2.58 bits per heavy atom. The molecule has 0 saturated carbocycles. The molecule has 5 heteroatoms. The van der Waals surface area contributed by atoms with E-state index in [4.69, 9.17) is 10.5 Å². The lowest BCUT2D eigenvalue weighted by atomic mass is 10.0. The van der Waals surface area contributed by atoms with Crippen molar-refractivity contribution in [3.05, 3.63) is 0 Å². The maximum atomic E-state index is 12.2. The molecule has 1 amide bonds. The summed E-state index contributed by atoms with van der Waals surface area (Å²) in [6.07, 6.45) is 2.39. The van der Waals surface area contributed by atoms with Crippen molar-refractivity contribution in [1.29, 1.82) is 0 Å². The van der Waals surface area contributed by atoms with Gasteiger partial charge in [-0.05, 0) is 39.3 Å². The zero-order valence-corrected chi connectivity index (χ0v) is 12.7. The minimum Gasteiger partial charge on any atom is -0.364 e. The van der Waals surface area contributed by atoms with Gasteiger partial charge in [-0.15, -0.1) is 0 Å². The van der Waals surface area contributed by atoms with Crippen molar-refractivity contribution >= 4 is 5.91 Å². The molecule has 3 atom stereocenters. The van der Waals surface area contributed by atoms with Crippen LogP contribution in [0.4, 0.5) is 0 Å². The van der Waals surface area contributed by atoms with Gasteiger partial charge in [-0.2, -0.15) is 0 Å². The van der Waals surface area contributed by atoms with Crippen LogP contribution in [-0.2, 0) is 9.53 Å². The largest absolute Gasteiger partial charge is 0.364 e. The van der Waals surface area contributed by atoms with Gasteiger partial charge < -0.3 is 20.7 Å². The van der Waals surface area contributed by atoms with Crippen LogP contribution in [-0.4, -0.2) is 56.2 Å². The van der Waals surface area contributed by atoms with Crippen LogP contribution in [0.2, 0.25) is 0 Å². The molecule has 1 aliphatic heterocycles. The molecule has 0 bridgehead atoms. The Bertz CT molecular complexity index is 272. The summed E-state index contributed by atoms with van der Waals surface area (Å²) in [5, 5.41) is 3.12. The predicted octanol–water partition coefficient (Wildman–Crippen LogP) is 0.585. The highest BCUT2D eigenvalue weighted by molar-refractivity contribution is 5.81. The van der Waals surface area contributed by atoms with Crippen molar-refractivity contribution in [1.82, 2.24) is 10.2 Å². The molecule has 1 rings (SSSR count). The molecule has 1 saturated heterocycles. The van der Waals surface area contributed by atoms with Gasteiger partial charge in [0.1, 0.15) is 6.10 Å². The van der Waals surface area contributed by atoms with Gasteiger partial charge in [-0.1, -0.05) is 13.8 Å². The first-order valence-electron chi connectivity index (χ1n) is 7.23. The van der Waals surface area contributed by atoms with Gasteiger partial charge in [-0.3, -0.25) is 4.79 Å². The summed E-state index contributed by atoms with van der Waals surface area (Å²) in [5.74, 6) is 0.579. The number of hydrogen-bond donors (Lipinski definition) is 2. The molecule has 3 N–H and O–H groups in total. The topological polar surface area (TPSA) is 67.6 Å². The van der Waals surface area contributed by atoms with E-state index in [1.807, 2.05) is 14.1 Å². The average molecular weight is 271 g/mol. The molecule has 112 valence electrons. The summed E-state index contributed by atoms with van der Waals surface area (Å²) in [6.45, 7) is 5.70. The van der Waals surface area contributed by atoms with Crippen molar-refractivity contribution < 1.29 is 9.53 Å². The number of carbonyl (C=O) groups is 1. The number of hydrogen-bond acceptors (Lipinski definition) is 4. The van der Waals surface area contributed by atoms with Gasteiger partial charge in [0.25, 0.3) is 0 Å². The third kappa shape index (κ3) is 5.89. The van der Waals surface area contributed by atoms with E-state index < -0.39 is 0 Å². The number of nitrogens with two attached hydrogens (primary N) is 1. The molecule has 0 aromatic heterocycles. The van der Waals surface area contributed by atoms with Crippen LogP contribution in [0.5, 0.6) is 0 Å². The molecule has 1 aliphatic rings. The second-order valence-corrected chi connectivity index (χ2v) is 6.16. The fraction of sp³-hybridized carbons (Fsp3) is 0.929. The molecule has 1 heterocycles. The molecular weight excluding hydrogens is 242 g/mol. The summed E-state index contributed by atoms with van der Waals surface area (Å²) < 4.78 is 5.63. The third-order valence-corrected chi connectivity index (χ3v) is 3.35. The van der Waals surface area contributed by atoms with E-state index in [9.17, 15) is 4.79 Å². The lowest BCUT2D eigenvalue weighted by molar-refractivity contribution is -0.132. The Labute approximate surface area is 116 Å². The van der Waals surface area contributed by atoms with Gasteiger partial charge >= 0.3 is 0 Å². The fourth-order valence-corrected chi connectivity index (χ4v) is 2.56. The molecule has 0 radical (unpaired) electrons. The SMILES string of the molecule is CC(C)CC(CN(C)C)NC(=O)[C@@H]1CC[C@H](CN)O1. The van der Waals surface area contributed by atoms with E-state index in [0.717, 1.165) is 25.8 Å². The standard InChI is InChI=1S/C14H29N3O2/c1-10(2)7-11(9-17(3)4)16-14(18)13-6-5-12(8-15)19-13/h10-13H,5-9,15H2,1-4H3,(H,16,18)/t11?,12-,13+/m1/s1. The summed E-state index contributed by atoms with van der Waals surface area (Å²) >= 11 is 0. The fourth-order valence-electron chi connectivity index (χ4n) is 2.56.